The number of hydroxylamine groups is 1. The van der Waals surface area contributed by atoms with Gasteiger partial charge in [0.2, 0.25) is 5.91 Å². The molecule has 1 aliphatic heterocycles. The average Bonchev–Trinajstić information content (AvgIpc) is 2.93. The highest BCUT2D eigenvalue weighted by atomic mass is 19.1. The number of carbonyl (C=O) groups excluding carboxylic acids is 1. The Kier molecular flexibility index (Phi) is 8.91. The van der Waals surface area contributed by atoms with E-state index >= 15 is 4.39 Å². The van der Waals surface area contributed by atoms with E-state index in [0.29, 0.717) is 72.4 Å². The molecule has 1 aromatic heterocycles. The maximum absolute atomic E-state index is 15.8. The molecule has 2 N–H and O–H groups in total. The summed E-state index contributed by atoms with van der Waals surface area (Å²) < 4.78 is 67.0. The number of likely N-dealkylation sites (tertiary alicyclic amines) is 1. The van der Waals surface area contributed by atoms with Gasteiger partial charge < -0.3 is 9.47 Å². The summed E-state index contributed by atoms with van der Waals surface area (Å²) in [5.41, 5.74) is 2.58. The highest BCUT2D eigenvalue weighted by Gasteiger charge is 2.41. The lowest BCUT2D eigenvalue weighted by molar-refractivity contribution is -0.143. The molecule has 1 amide bonds. The van der Waals surface area contributed by atoms with Crippen LogP contribution in [0.25, 0.3) is 10.9 Å². The predicted molar refractivity (Wildman–Crippen MR) is 136 cm³/mol. The molecule has 210 valence electrons. The lowest BCUT2D eigenvalue weighted by atomic mass is 9.73. The average molecular weight is 550 g/mol. The van der Waals surface area contributed by atoms with Crippen molar-refractivity contribution in [2.24, 2.45) is 5.41 Å². The smallest absolute Gasteiger partial charge is 0.249 e. The van der Waals surface area contributed by atoms with Gasteiger partial charge in [0.05, 0.1) is 18.0 Å². The van der Waals surface area contributed by atoms with Gasteiger partial charge in [-0.3, -0.25) is 19.9 Å². The van der Waals surface area contributed by atoms with Crippen LogP contribution in [0.5, 0.6) is 11.5 Å². The van der Waals surface area contributed by atoms with Crippen LogP contribution in [0.1, 0.15) is 43.0 Å². The number of alkyl halides is 1. The molecule has 1 aliphatic rings. The van der Waals surface area contributed by atoms with Crippen molar-refractivity contribution in [3.05, 3.63) is 65.1 Å². The number of nitrogens with one attached hydrogen (secondary N) is 1. The molecular formula is C28H31F4N3O4. The van der Waals surface area contributed by atoms with Crippen LogP contribution in [-0.4, -0.2) is 54.3 Å². The van der Waals surface area contributed by atoms with Crippen molar-refractivity contribution in [1.29, 1.82) is 0 Å². The summed E-state index contributed by atoms with van der Waals surface area (Å²) in [6.45, 7) is 2.90. The summed E-state index contributed by atoms with van der Waals surface area (Å²) in [5, 5.41) is 10.1. The summed E-state index contributed by atoms with van der Waals surface area (Å²) in [5.74, 6) is -3.91. The number of aromatic nitrogens is 1. The highest BCUT2D eigenvalue weighted by Crippen LogP contribution is 2.41. The molecule has 0 unspecified atom stereocenters. The molecule has 0 spiro atoms. The number of benzene rings is 2. The number of piperidine rings is 1. The lowest BCUT2D eigenvalue weighted by Gasteiger charge is -2.40. The Labute approximate surface area is 223 Å². The fourth-order valence-corrected chi connectivity index (χ4v) is 5.24. The van der Waals surface area contributed by atoms with E-state index in [2.05, 4.69) is 4.98 Å². The number of ether oxygens (including phenoxy) is 2. The topological polar surface area (TPSA) is 83.9 Å². The Bertz CT molecular complexity index is 1310. The zero-order valence-electron chi connectivity index (χ0n) is 21.8. The van der Waals surface area contributed by atoms with E-state index in [1.807, 2.05) is 4.90 Å². The van der Waals surface area contributed by atoms with Gasteiger partial charge in [0.1, 0.15) is 24.3 Å². The van der Waals surface area contributed by atoms with Crippen LogP contribution in [0.2, 0.25) is 0 Å². The third-order valence-corrected chi connectivity index (χ3v) is 7.52. The standard InChI is InChI=1S/C28H31F4N3O4/c1-17-16-33-24-4-3-19(38-2)15-20(24)25(17)21(30)5-6-28(27(36)34-37)7-9-35(10-8-28)11-12-39-26-22(31)13-18(29)14-23(26)32/h3-4,13-16,21,37H,5-12H2,1-2H3,(H,34,36)/t21-/m1/s1. The number of fused-ring (bicyclic) bond motifs is 1. The van der Waals surface area contributed by atoms with Crippen molar-refractivity contribution < 1.29 is 37.0 Å². The largest absolute Gasteiger partial charge is 0.497 e. The summed E-state index contributed by atoms with van der Waals surface area (Å²) in [6.07, 6.45) is 1.18. The molecule has 3 aromatic rings. The van der Waals surface area contributed by atoms with Gasteiger partial charge in [0.25, 0.3) is 0 Å². The first-order valence-corrected chi connectivity index (χ1v) is 12.7. The van der Waals surface area contributed by atoms with Crippen molar-refractivity contribution in [3.8, 4) is 11.5 Å². The van der Waals surface area contributed by atoms with E-state index in [4.69, 9.17) is 9.47 Å². The number of amides is 1. The number of methoxy groups -OCH3 is 1. The van der Waals surface area contributed by atoms with E-state index in [0.717, 1.165) is 0 Å². The van der Waals surface area contributed by atoms with Crippen LogP contribution in [0.4, 0.5) is 17.6 Å². The van der Waals surface area contributed by atoms with Crippen molar-refractivity contribution in [2.45, 2.75) is 38.8 Å². The maximum Gasteiger partial charge on any atom is 0.249 e. The SMILES string of the molecule is COc1ccc2ncc(C)c([C@H](F)CCC3(C(=O)NO)CCN(CCOc4c(F)cc(F)cc4F)CC3)c2c1. The molecule has 1 fully saturated rings. The second-order valence-electron chi connectivity index (χ2n) is 9.85. The van der Waals surface area contributed by atoms with E-state index in [-0.39, 0.29) is 19.4 Å². The molecule has 1 saturated heterocycles. The number of halogens is 4. The number of pyridine rings is 1. The Morgan fingerprint density at radius 2 is 1.87 bits per heavy atom. The molecule has 0 bridgehead atoms. The minimum atomic E-state index is -1.38. The first kappa shape index (κ1) is 28.6. The zero-order chi connectivity index (χ0) is 28.2. The van der Waals surface area contributed by atoms with Crippen molar-refractivity contribution in [1.82, 2.24) is 15.4 Å². The number of hydrogen-bond donors (Lipinski definition) is 2. The summed E-state index contributed by atoms with van der Waals surface area (Å²) >= 11 is 0. The number of carbonyl (C=O) groups is 1. The van der Waals surface area contributed by atoms with Crippen LogP contribution in [0.3, 0.4) is 0 Å². The number of rotatable bonds is 10. The monoisotopic (exact) mass is 549 g/mol. The fraction of sp³-hybridized carbons (Fsp3) is 0.429. The summed E-state index contributed by atoms with van der Waals surface area (Å²) in [6, 6.07) is 6.37. The number of nitrogens with zero attached hydrogens (tertiary/aromatic N) is 2. The third kappa shape index (κ3) is 6.25. The van der Waals surface area contributed by atoms with Gasteiger partial charge in [0.15, 0.2) is 17.4 Å². The van der Waals surface area contributed by atoms with Gasteiger partial charge in [0, 0.05) is 30.3 Å². The van der Waals surface area contributed by atoms with Gasteiger partial charge in [-0.1, -0.05) is 0 Å². The maximum atomic E-state index is 15.8. The molecular weight excluding hydrogens is 518 g/mol. The van der Waals surface area contributed by atoms with Crippen LogP contribution in [0.15, 0.2) is 36.5 Å². The highest BCUT2D eigenvalue weighted by molar-refractivity contribution is 5.85. The fourth-order valence-electron chi connectivity index (χ4n) is 5.24. The van der Waals surface area contributed by atoms with Gasteiger partial charge in [-0.25, -0.2) is 23.0 Å². The first-order chi connectivity index (χ1) is 18.7. The van der Waals surface area contributed by atoms with Gasteiger partial charge in [-0.2, -0.15) is 0 Å². The van der Waals surface area contributed by atoms with E-state index in [1.54, 1.807) is 36.8 Å². The van der Waals surface area contributed by atoms with E-state index in [1.165, 1.54) is 7.11 Å². The van der Waals surface area contributed by atoms with Gasteiger partial charge in [-0.05, 0) is 75.0 Å². The molecule has 0 saturated carbocycles. The number of aryl methyl sites for hydroxylation is 1. The minimum absolute atomic E-state index is 0.0524. The normalized spacial score (nSPS) is 16.2. The van der Waals surface area contributed by atoms with Gasteiger partial charge in [-0.15, -0.1) is 0 Å². The lowest BCUT2D eigenvalue weighted by Crippen LogP contribution is -2.49. The molecule has 0 radical (unpaired) electrons. The Morgan fingerprint density at radius 1 is 1.18 bits per heavy atom. The zero-order valence-corrected chi connectivity index (χ0v) is 21.8. The van der Waals surface area contributed by atoms with Crippen LogP contribution >= 0.6 is 0 Å². The molecule has 1 atom stereocenters. The van der Waals surface area contributed by atoms with Crippen LogP contribution < -0.4 is 15.0 Å². The molecule has 7 nitrogen and oxygen atoms in total. The van der Waals surface area contributed by atoms with Crippen LogP contribution in [0, 0.1) is 29.8 Å². The Hall–Kier alpha value is -3.44. The Morgan fingerprint density at radius 3 is 2.51 bits per heavy atom. The molecule has 4 rings (SSSR count). The quantitative estimate of drug-likeness (QED) is 0.200. The number of hydrogen-bond acceptors (Lipinski definition) is 6. The molecule has 39 heavy (non-hydrogen) atoms. The summed E-state index contributed by atoms with van der Waals surface area (Å²) in [4.78, 5) is 19.1. The van der Waals surface area contributed by atoms with E-state index < -0.39 is 40.7 Å². The molecule has 2 aromatic carbocycles. The van der Waals surface area contributed by atoms with Crippen molar-refractivity contribution in [2.75, 3.05) is 33.4 Å². The Balaban J connectivity index is 1.40. The second kappa shape index (κ2) is 12.2. The predicted octanol–water partition coefficient (Wildman–Crippen LogP) is 5.43. The van der Waals surface area contributed by atoms with Crippen molar-refractivity contribution >= 4 is 16.8 Å². The first-order valence-electron chi connectivity index (χ1n) is 12.7. The second-order valence-corrected chi connectivity index (χ2v) is 9.85. The van der Waals surface area contributed by atoms with Gasteiger partial charge >= 0.3 is 0 Å². The van der Waals surface area contributed by atoms with E-state index in [9.17, 15) is 23.2 Å². The van der Waals surface area contributed by atoms with Crippen LogP contribution in [-0.2, 0) is 4.79 Å². The molecule has 11 heteroatoms. The van der Waals surface area contributed by atoms with Crippen molar-refractivity contribution in [3.63, 3.8) is 0 Å². The summed E-state index contributed by atoms with van der Waals surface area (Å²) in [7, 11) is 1.53. The molecule has 2 heterocycles. The third-order valence-electron chi connectivity index (χ3n) is 7.52. The minimum Gasteiger partial charge on any atom is -0.497 e. The molecule has 0 aliphatic carbocycles.